The van der Waals surface area contributed by atoms with Gasteiger partial charge in [-0.15, -0.1) is 0 Å². The zero-order valence-corrected chi connectivity index (χ0v) is 15.8. The van der Waals surface area contributed by atoms with E-state index in [1.807, 2.05) is 0 Å². The monoisotopic (exact) mass is 346 g/mol. The SMILES string of the molecule is C=C(C=N)COCC1CCc2cc(C(CN)CCC)ccc2C1.CO. The van der Waals surface area contributed by atoms with Gasteiger partial charge in [-0.05, 0) is 66.3 Å². The summed E-state index contributed by atoms with van der Waals surface area (Å²) in [5.41, 5.74) is 11.0. The van der Waals surface area contributed by atoms with Crippen molar-refractivity contribution >= 4 is 6.21 Å². The van der Waals surface area contributed by atoms with E-state index in [9.17, 15) is 0 Å². The Bertz CT molecular complexity index is 543. The molecule has 0 spiro atoms. The first kappa shape index (κ1) is 21.6. The highest BCUT2D eigenvalue weighted by Crippen LogP contribution is 2.30. The van der Waals surface area contributed by atoms with E-state index in [1.165, 1.54) is 42.2 Å². The lowest BCUT2D eigenvalue weighted by Gasteiger charge is -2.26. The maximum absolute atomic E-state index is 7.12. The topological polar surface area (TPSA) is 79.3 Å². The molecule has 4 heteroatoms. The van der Waals surface area contributed by atoms with Gasteiger partial charge in [0.2, 0.25) is 0 Å². The molecular weight excluding hydrogens is 312 g/mol. The van der Waals surface area contributed by atoms with Crippen LogP contribution in [0.3, 0.4) is 0 Å². The largest absolute Gasteiger partial charge is 0.400 e. The molecule has 2 unspecified atom stereocenters. The molecule has 1 aromatic rings. The van der Waals surface area contributed by atoms with Crippen LogP contribution in [0.1, 0.15) is 48.8 Å². The Morgan fingerprint density at radius 3 is 2.84 bits per heavy atom. The number of rotatable bonds is 9. The van der Waals surface area contributed by atoms with Crippen LogP contribution >= 0.6 is 0 Å². The molecule has 2 atom stereocenters. The number of hydrogen-bond acceptors (Lipinski definition) is 4. The number of nitrogens with one attached hydrogen (secondary N) is 1. The number of fused-ring (bicyclic) bond motifs is 1. The summed E-state index contributed by atoms with van der Waals surface area (Å²) in [7, 11) is 1.00. The molecule has 25 heavy (non-hydrogen) atoms. The van der Waals surface area contributed by atoms with E-state index in [0.29, 0.717) is 18.4 Å². The Balaban J connectivity index is 0.00000151. The molecule has 0 saturated carbocycles. The Kier molecular flexibility index (Phi) is 10.3. The van der Waals surface area contributed by atoms with E-state index in [2.05, 4.69) is 31.7 Å². The summed E-state index contributed by atoms with van der Waals surface area (Å²) in [5, 5.41) is 14.1. The molecule has 2 rings (SSSR count). The normalized spacial score (nSPS) is 17.0. The van der Waals surface area contributed by atoms with Crippen molar-refractivity contribution < 1.29 is 9.84 Å². The van der Waals surface area contributed by atoms with E-state index >= 15 is 0 Å². The Labute approximate surface area is 152 Å². The predicted octanol–water partition coefficient (Wildman–Crippen LogP) is 3.46. The van der Waals surface area contributed by atoms with E-state index in [0.717, 1.165) is 38.7 Å². The average molecular weight is 347 g/mol. The first-order chi connectivity index (χ1) is 12.2. The van der Waals surface area contributed by atoms with Gasteiger partial charge in [-0.2, -0.15) is 0 Å². The minimum absolute atomic E-state index is 0.473. The van der Waals surface area contributed by atoms with Crippen LogP contribution in [0, 0.1) is 11.3 Å². The summed E-state index contributed by atoms with van der Waals surface area (Å²) in [6.07, 6.45) is 7.01. The smallest absolute Gasteiger partial charge is 0.0725 e. The number of aliphatic hydroxyl groups is 1. The summed E-state index contributed by atoms with van der Waals surface area (Å²) in [6.45, 7) is 7.95. The molecule has 4 N–H and O–H groups in total. The first-order valence-electron chi connectivity index (χ1n) is 9.20. The second-order valence-corrected chi connectivity index (χ2v) is 6.68. The lowest BCUT2D eigenvalue weighted by molar-refractivity contribution is 0.114. The Morgan fingerprint density at radius 1 is 1.44 bits per heavy atom. The molecule has 1 aromatic carbocycles. The van der Waals surface area contributed by atoms with Gasteiger partial charge in [-0.25, -0.2) is 0 Å². The van der Waals surface area contributed by atoms with Crippen molar-refractivity contribution in [2.45, 2.75) is 44.9 Å². The lowest BCUT2D eigenvalue weighted by atomic mass is 9.82. The molecular formula is C21H34N2O2. The third kappa shape index (κ3) is 6.73. The van der Waals surface area contributed by atoms with Crippen molar-refractivity contribution in [2.75, 3.05) is 26.9 Å². The molecule has 1 aliphatic carbocycles. The number of ether oxygens (including phenoxy) is 1. The highest BCUT2D eigenvalue weighted by molar-refractivity contribution is 5.74. The van der Waals surface area contributed by atoms with Crippen molar-refractivity contribution in [1.29, 1.82) is 5.41 Å². The fraction of sp³-hybridized carbons (Fsp3) is 0.571. The standard InChI is InChI=1S/C20H30N2O.CH4O/c1-3-4-20(12-22)19-8-7-17-9-16(5-6-18(17)10-19)14-23-13-15(2)11-21;1-2/h7-8,10-11,16,20-21H,2-6,9,12-14,22H2,1H3;2H,1H3. The quantitative estimate of drug-likeness (QED) is 0.599. The molecule has 0 saturated heterocycles. The lowest BCUT2D eigenvalue weighted by Crippen LogP contribution is -2.20. The number of hydrogen-bond donors (Lipinski definition) is 3. The molecule has 0 radical (unpaired) electrons. The zero-order chi connectivity index (χ0) is 18.7. The van der Waals surface area contributed by atoms with Gasteiger partial charge in [0.25, 0.3) is 0 Å². The van der Waals surface area contributed by atoms with Crippen LogP contribution in [-0.4, -0.2) is 38.2 Å². The van der Waals surface area contributed by atoms with Gasteiger partial charge in [0.15, 0.2) is 0 Å². The summed E-state index contributed by atoms with van der Waals surface area (Å²) >= 11 is 0. The summed E-state index contributed by atoms with van der Waals surface area (Å²) in [6, 6.07) is 6.95. The molecule has 0 amide bonds. The highest BCUT2D eigenvalue weighted by Gasteiger charge is 2.20. The zero-order valence-electron chi connectivity index (χ0n) is 15.8. The van der Waals surface area contributed by atoms with Gasteiger partial charge < -0.3 is 21.0 Å². The maximum atomic E-state index is 7.12. The molecule has 140 valence electrons. The van der Waals surface area contributed by atoms with E-state index < -0.39 is 0 Å². The van der Waals surface area contributed by atoms with Gasteiger partial charge in [0.05, 0.1) is 13.2 Å². The number of nitrogens with two attached hydrogens (primary N) is 1. The van der Waals surface area contributed by atoms with Gasteiger partial charge >= 0.3 is 0 Å². The molecule has 0 fully saturated rings. The third-order valence-corrected chi connectivity index (χ3v) is 4.80. The average Bonchev–Trinajstić information content (AvgIpc) is 2.67. The number of aliphatic hydroxyl groups excluding tert-OH is 1. The van der Waals surface area contributed by atoms with Crippen molar-refractivity contribution in [3.8, 4) is 0 Å². The van der Waals surface area contributed by atoms with Crippen LogP contribution in [0.2, 0.25) is 0 Å². The number of aryl methyl sites for hydroxylation is 1. The minimum atomic E-state index is 0.473. The predicted molar refractivity (Wildman–Crippen MR) is 106 cm³/mol. The number of benzene rings is 1. The molecule has 0 heterocycles. The van der Waals surface area contributed by atoms with E-state index in [1.54, 1.807) is 0 Å². The van der Waals surface area contributed by atoms with Crippen molar-refractivity contribution in [1.82, 2.24) is 0 Å². The van der Waals surface area contributed by atoms with Gasteiger partial charge in [-0.3, -0.25) is 0 Å². The van der Waals surface area contributed by atoms with Crippen molar-refractivity contribution in [3.63, 3.8) is 0 Å². The maximum Gasteiger partial charge on any atom is 0.0725 e. The summed E-state index contributed by atoms with van der Waals surface area (Å²) < 4.78 is 5.68. The van der Waals surface area contributed by atoms with Crippen LogP contribution in [-0.2, 0) is 17.6 Å². The minimum Gasteiger partial charge on any atom is -0.400 e. The van der Waals surface area contributed by atoms with E-state index in [4.69, 9.17) is 21.0 Å². The molecule has 4 nitrogen and oxygen atoms in total. The van der Waals surface area contributed by atoms with Crippen molar-refractivity contribution in [3.05, 3.63) is 47.0 Å². The van der Waals surface area contributed by atoms with Gasteiger partial charge in [0.1, 0.15) is 0 Å². The van der Waals surface area contributed by atoms with Crippen LogP contribution < -0.4 is 5.73 Å². The molecule has 0 aliphatic heterocycles. The van der Waals surface area contributed by atoms with Crippen LogP contribution in [0.25, 0.3) is 0 Å². The molecule has 0 bridgehead atoms. The van der Waals surface area contributed by atoms with Crippen LogP contribution in [0.5, 0.6) is 0 Å². The Hall–Kier alpha value is -1.49. The second kappa shape index (κ2) is 12.0. The fourth-order valence-electron chi connectivity index (χ4n) is 3.41. The molecule has 1 aliphatic rings. The summed E-state index contributed by atoms with van der Waals surface area (Å²) in [4.78, 5) is 0. The van der Waals surface area contributed by atoms with Gasteiger partial charge in [0, 0.05) is 13.3 Å². The van der Waals surface area contributed by atoms with Crippen LogP contribution in [0.4, 0.5) is 0 Å². The summed E-state index contributed by atoms with van der Waals surface area (Å²) in [5.74, 6) is 1.08. The first-order valence-corrected chi connectivity index (χ1v) is 9.20. The molecule has 0 aromatic heterocycles. The second-order valence-electron chi connectivity index (χ2n) is 6.68. The fourth-order valence-corrected chi connectivity index (χ4v) is 3.41. The highest BCUT2D eigenvalue weighted by atomic mass is 16.5. The van der Waals surface area contributed by atoms with Gasteiger partial charge in [-0.1, -0.05) is 38.1 Å². The van der Waals surface area contributed by atoms with Crippen molar-refractivity contribution in [2.24, 2.45) is 11.7 Å². The van der Waals surface area contributed by atoms with E-state index in [-0.39, 0.29) is 0 Å². The van der Waals surface area contributed by atoms with Crippen LogP contribution in [0.15, 0.2) is 30.4 Å². The third-order valence-electron chi connectivity index (χ3n) is 4.80. The Morgan fingerprint density at radius 2 is 2.20 bits per heavy atom.